The predicted octanol–water partition coefficient (Wildman–Crippen LogP) is 3.47. The monoisotopic (exact) mass is 390 g/mol. The highest BCUT2D eigenvalue weighted by Crippen LogP contribution is 2.14. The van der Waals surface area contributed by atoms with Crippen molar-refractivity contribution in [2.75, 3.05) is 6.54 Å². The van der Waals surface area contributed by atoms with E-state index in [4.69, 9.17) is 4.99 Å². The van der Waals surface area contributed by atoms with Gasteiger partial charge in [-0.05, 0) is 30.9 Å². The summed E-state index contributed by atoms with van der Waals surface area (Å²) in [5, 5.41) is 15.2. The molecular weight excluding hydrogens is 360 g/mol. The van der Waals surface area contributed by atoms with Gasteiger partial charge in [0.1, 0.15) is 5.82 Å². The summed E-state index contributed by atoms with van der Waals surface area (Å²) in [5.41, 5.74) is 3.77. The summed E-state index contributed by atoms with van der Waals surface area (Å²) in [6, 6.07) is 19.0. The number of aryl methyl sites for hydroxylation is 2. The van der Waals surface area contributed by atoms with Crippen molar-refractivity contribution in [3.8, 4) is 0 Å². The standard InChI is InChI=1S/C23H30N6/c1-17-10-12-21(13-11-17)18(2)14-24-23(25-15-20-8-6-5-7-9-20)26-16-22-28-27-19(3)29(22)4/h5-13,18H,14-16H2,1-4H3,(H2,24,25,26). The van der Waals surface area contributed by atoms with Crippen molar-refractivity contribution in [1.29, 1.82) is 0 Å². The second-order valence-corrected chi connectivity index (χ2v) is 7.42. The molecule has 152 valence electrons. The van der Waals surface area contributed by atoms with Gasteiger partial charge in [-0.25, -0.2) is 4.99 Å². The molecule has 3 rings (SSSR count). The molecule has 0 aliphatic rings. The number of aliphatic imine (C=N–C) groups is 1. The van der Waals surface area contributed by atoms with Crippen LogP contribution in [0, 0.1) is 13.8 Å². The molecule has 1 unspecified atom stereocenters. The van der Waals surface area contributed by atoms with Crippen molar-refractivity contribution >= 4 is 5.96 Å². The number of aromatic nitrogens is 3. The number of benzene rings is 2. The molecule has 2 aromatic carbocycles. The highest BCUT2D eigenvalue weighted by molar-refractivity contribution is 5.79. The molecule has 29 heavy (non-hydrogen) atoms. The van der Waals surface area contributed by atoms with Crippen LogP contribution in [0.4, 0.5) is 0 Å². The molecule has 0 spiro atoms. The molecule has 6 nitrogen and oxygen atoms in total. The first-order valence-corrected chi connectivity index (χ1v) is 10.0. The van der Waals surface area contributed by atoms with Crippen LogP contribution in [0.1, 0.15) is 41.2 Å². The maximum Gasteiger partial charge on any atom is 0.191 e. The van der Waals surface area contributed by atoms with E-state index in [1.54, 1.807) is 0 Å². The van der Waals surface area contributed by atoms with Gasteiger partial charge in [-0.2, -0.15) is 0 Å². The minimum absolute atomic E-state index is 0.372. The third-order valence-electron chi connectivity index (χ3n) is 5.08. The summed E-state index contributed by atoms with van der Waals surface area (Å²) in [6.07, 6.45) is 0. The fourth-order valence-electron chi connectivity index (χ4n) is 2.96. The van der Waals surface area contributed by atoms with Crippen molar-refractivity contribution in [2.45, 2.75) is 39.8 Å². The Kier molecular flexibility index (Phi) is 7.00. The lowest BCUT2D eigenvalue weighted by Crippen LogP contribution is -2.39. The van der Waals surface area contributed by atoms with E-state index in [1.165, 1.54) is 16.7 Å². The van der Waals surface area contributed by atoms with Gasteiger partial charge in [0.25, 0.3) is 0 Å². The zero-order chi connectivity index (χ0) is 20.6. The third kappa shape index (κ3) is 5.91. The molecule has 0 saturated carbocycles. The van der Waals surface area contributed by atoms with Crippen LogP contribution in [0.15, 0.2) is 59.6 Å². The van der Waals surface area contributed by atoms with Gasteiger partial charge in [-0.15, -0.1) is 10.2 Å². The molecule has 1 heterocycles. The number of guanidine groups is 1. The van der Waals surface area contributed by atoms with Crippen LogP contribution in [-0.4, -0.2) is 27.3 Å². The molecule has 1 atom stereocenters. The van der Waals surface area contributed by atoms with E-state index in [9.17, 15) is 0 Å². The molecule has 0 aliphatic carbocycles. The van der Waals surface area contributed by atoms with Crippen LogP contribution < -0.4 is 10.6 Å². The largest absolute Gasteiger partial charge is 0.356 e. The van der Waals surface area contributed by atoms with Crippen LogP contribution >= 0.6 is 0 Å². The second-order valence-electron chi connectivity index (χ2n) is 7.42. The van der Waals surface area contributed by atoms with Crippen LogP contribution in [0.2, 0.25) is 0 Å². The summed E-state index contributed by atoms with van der Waals surface area (Å²) in [5.74, 6) is 2.92. The minimum Gasteiger partial charge on any atom is -0.356 e. The Morgan fingerprint density at radius 1 is 1.00 bits per heavy atom. The van der Waals surface area contributed by atoms with Gasteiger partial charge in [0, 0.05) is 13.6 Å². The lowest BCUT2D eigenvalue weighted by Gasteiger charge is -2.17. The Morgan fingerprint density at radius 2 is 1.72 bits per heavy atom. The van der Waals surface area contributed by atoms with E-state index < -0.39 is 0 Å². The summed E-state index contributed by atoms with van der Waals surface area (Å²) < 4.78 is 1.98. The number of rotatable bonds is 7. The molecule has 2 N–H and O–H groups in total. The topological polar surface area (TPSA) is 67.1 Å². The minimum atomic E-state index is 0.372. The first-order valence-electron chi connectivity index (χ1n) is 10.0. The highest BCUT2D eigenvalue weighted by atomic mass is 15.3. The highest BCUT2D eigenvalue weighted by Gasteiger charge is 2.09. The van der Waals surface area contributed by atoms with E-state index in [-0.39, 0.29) is 0 Å². The zero-order valence-corrected chi connectivity index (χ0v) is 17.7. The Labute approximate surface area is 173 Å². The quantitative estimate of drug-likeness (QED) is 0.479. The van der Waals surface area contributed by atoms with Gasteiger partial charge in [0.15, 0.2) is 11.8 Å². The number of hydrogen-bond acceptors (Lipinski definition) is 3. The Bertz CT molecular complexity index is 928. The maximum absolute atomic E-state index is 4.76. The SMILES string of the molecule is Cc1ccc(C(C)CNC(=NCc2ccccc2)NCc2nnc(C)n2C)cc1. The molecule has 1 aromatic heterocycles. The third-order valence-corrected chi connectivity index (χ3v) is 5.08. The molecule has 3 aromatic rings. The van der Waals surface area contributed by atoms with Gasteiger partial charge in [-0.1, -0.05) is 67.1 Å². The Hall–Kier alpha value is -3.15. The van der Waals surface area contributed by atoms with Crippen molar-refractivity contribution in [3.05, 3.63) is 82.9 Å². The van der Waals surface area contributed by atoms with E-state index in [2.05, 4.69) is 71.1 Å². The molecule has 0 amide bonds. The lowest BCUT2D eigenvalue weighted by molar-refractivity contribution is 0.678. The van der Waals surface area contributed by atoms with Crippen LogP contribution in [0.25, 0.3) is 0 Å². The van der Waals surface area contributed by atoms with Crippen LogP contribution in [-0.2, 0) is 20.1 Å². The van der Waals surface area contributed by atoms with Gasteiger partial charge in [0.05, 0.1) is 13.1 Å². The van der Waals surface area contributed by atoms with Crippen LogP contribution in [0.5, 0.6) is 0 Å². The normalized spacial score (nSPS) is 12.6. The zero-order valence-electron chi connectivity index (χ0n) is 17.7. The fourth-order valence-corrected chi connectivity index (χ4v) is 2.96. The summed E-state index contributed by atoms with van der Waals surface area (Å²) in [4.78, 5) is 4.76. The average molecular weight is 391 g/mol. The Morgan fingerprint density at radius 3 is 2.38 bits per heavy atom. The van der Waals surface area contributed by atoms with E-state index in [1.807, 2.05) is 36.7 Å². The number of nitrogens with one attached hydrogen (secondary N) is 2. The molecule has 0 radical (unpaired) electrons. The van der Waals surface area contributed by atoms with Gasteiger partial charge < -0.3 is 15.2 Å². The fraction of sp³-hybridized carbons (Fsp3) is 0.348. The van der Waals surface area contributed by atoms with Crippen molar-refractivity contribution in [1.82, 2.24) is 25.4 Å². The first kappa shape index (κ1) is 20.6. The number of nitrogens with zero attached hydrogens (tertiary/aromatic N) is 4. The Balaban J connectivity index is 1.65. The smallest absolute Gasteiger partial charge is 0.191 e. The first-order chi connectivity index (χ1) is 14.0. The van der Waals surface area contributed by atoms with Gasteiger partial charge in [0.2, 0.25) is 0 Å². The van der Waals surface area contributed by atoms with Gasteiger partial charge >= 0.3 is 0 Å². The summed E-state index contributed by atoms with van der Waals surface area (Å²) in [6.45, 7) is 8.26. The van der Waals surface area contributed by atoms with E-state index in [0.29, 0.717) is 19.0 Å². The lowest BCUT2D eigenvalue weighted by atomic mass is 10.0. The molecule has 0 saturated heterocycles. The van der Waals surface area contributed by atoms with Crippen molar-refractivity contribution in [3.63, 3.8) is 0 Å². The average Bonchev–Trinajstić information content (AvgIpc) is 3.06. The molecular formula is C23H30N6. The molecule has 0 fully saturated rings. The molecule has 0 aliphatic heterocycles. The van der Waals surface area contributed by atoms with E-state index in [0.717, 1.165) is 24.2 Å². The van der Waals surface area contributed by atoms with Crippen molar-refractivity contribution in [2.24, 2.45) is 12.0 Å². The maximum atomic E-state index is 4.76. The van der Waals surface area contributed by atoms with E-state index >= 15 is 0 Å². The van der Waals surface area contributed by atoms with Gasteiger partial charge in [-0.3, -0.25) is 0 Å². The second kappa shape index (κ2) is 9.87. The predicted molar refractivity (Wildman–Crippen MR) is 118 cm³/mol. The van der Waals surface area contributed by atoms with Crippen LogP contribution in [0.3, 0.4) is 0 Å². The molecule has 6 heteroatoms. The summed E-state index contributed by atoms with van der Waals surface area (Å²) in [7, 11) is 1.97. The number of hydrogen-bond donors (Lipinski definition) is 2. The summed E-state index contributed by atoms with van der Waals surface area (Å²) >= 11 is 0. The molecule has 0 bridgehead atoms. The van der Waals surface area contributed by atoms with Crippen molar-refractivity contribution < 1.29 is 0 Å².